The van der Waals surface area contributed by atoms with Crippen LogP contribution in [0.5, 0.6) is 46.0 Å². The first-order valence-electron chi connectivity index (χ1n) is 13.8. The molecule has 0 aliphatic carbocycles. The molecule has 0 amide bonds. The van der Waals surface area contributed by atoms with Crippen LogP contribution in [0.25, 0.3) is 6.08 Å². The monoisotopic (exact) mass is 584 g/mol. The average molecular weight is 585 g/mol. The number of hydrogen-bond acceptors (Lipinski definition) is 8. The second-order valence-electron chi connectivity index (χ2n) is 10.00. The summed E-state index contributed by atoms with van der Waals surface area (Å²) in [6.07, 6.45) is 4.39. The fraction of sp³-hybridized carbons (Fsp3) is 0.257. The lowest BCUT2D eigenvalue weighted by molar-refractivity contribution is 0.213. The topological polar surface area (TPSA) is 84.8 Å². The molecule has 0 spiro atoms. The molecule has 2 unspecified atom stereocenters. The highest BCUT2D eigenvalue weighted by atomic mass is 16.5. The van der Waals surface area contributed by atoms with Gasteiger partial charge in [0.25, 0.3) is 0 Å². The Labute approximate surface area is 252 Å². The molecule has 8 nitrogen and oxygen atoms in total. The number of rotatable bonds is 11. The summed E-state index contributed by atoms with van der Waals surface area (Å²) in [5.41, 5.74) is 4.87. The van der Waals surface area contributed by atoms with E-state index in [1.54, 1.807) is 47.7 Å². The van der Waals surface area contributed by atoms with Gasteiger partial charge in [0.1, 0.15) is 6.10 Å². The van der Waals surface area contributed by atoms with Crippen molar-refractivity contribution in [2.24, 2.45) is 0 Å². The SMILES string of the molecule is COc1cc(C2Oc3c(OC)cc(C/C=C/c4ccc(OC)c(OC)c4)cc3C2c2ccc(OC)c(OC)c2)ccc1O. The molecule has 1 heterocycles. The summed E-state index contributed by atoms with van der Waals surface area (Å²) < 4.78 is 39.9. The maximum atomic E-state index is 10.3. The van der Waals surface area contributed by atoms with Crippen LogP contribution >= 0.6 is 0 Å². The molecule has 5 rings (SSSR count). The van der Waals surface area contributed by atoms with Crippen LogP contribution in [-0.2, 0) is 6.42 Å². The number of benzene rings is 4. The van der Waals surface area contributed by atoms with E-state index in [2.05, 4.69) is 18.2 Å². The fourth-order valence-electron chi connectivity index (χ4n) is 5.49. The maximum Gasteiger partial charge on any atom is 0.166 e. The van der Waals surface area contributed by atoms with Crippen LogP contribution in [0.1, 0.15) is 39.8 Å². The van der Waals surface area contributed by atoms with Gasteiger partial charge in [0.2, 0.25) is 0 Å². The molecule has 0 saturated carbocycles. The Balaban J connectivity index is 1.56. The Kier molecular flexibility index (Phi) is 8.85. The van der Waals surface area contributed by atoms with Crippen molar-refractivity contribution in [3.8, 4) is 46.0 Å². The van der Waals surface area contributed by atoms with Gasteiger partial charge in [0.05, 0.1) is 48.6 Å². The zero-order chi connectivity index (χ0) is 30.5. The van der Waals surface area contributed by atoms with Gasteiger partial charge < -0.3 is 38.3 Å². The molecule has 4 aromatic carbocycles. The van der Waals surface area contributed by atoms with Crippen LogP contribution in [0, 0.1) is 0 Å². The minimum atomic E-state index is -0.422. The van der Waals surface area contributed by atoms with Gasteiger partial charge in [-0.1, -0.05) is 36.4 Å². The number of fused-ring (bicyclic) bond motifs is 1. The van der Waals surface area contributed by atoms with E-state index in [4.69, 9.17) is 33.2 Å². The third-order valence-corrected chi connectivity index (χ3v) is 7.62. The fourth-order valence-corrected chi connectivity index (χ4v) is 5.49. The van der Waals surface area contributed by atoms with Crippen LogP contribution in [0.4, 0.5) is 0 Å². The van der Waals surface area contributed by atoms with Crippen molar-refractivity contribution in [3.05, 3.63) is 101 Å². The minimum Gasteiger partial charge on any atom is -0.504 e. The Hall–Kier alpha value is -4.98. The molecule has 0 aromatic heterocycles. The first-order valence-corrected chi connectivity index (χ1v) is 13.8. The van der Waals surface area contributed by atoms with E-state index in [1.807, 2.05) is 48.5 Å². The number of phenolic OH excluding ortho intramolecular Hbond substituents is 1. The molecular formula is C35H36O8. The Bertz CT molecular complexity index is 1630. The quantitative estimate of drug-likeness (QED) is 0.202. The molecule has 0 bridgehead atoms. The van der Waals surface area contributed by atoms with Crippen molar-refractivity contribution < 1.29 is 38.3 Å². The largest absolute Gasteiger partial charge is 0.504 e. The molecule has 4 aromatic rings. The lowest BCUT2D eigenvalue weighted by Gasteiger charge is -2.22. The minimum absolute atomic E-state index is 0.0607. The number of methoxy groups -OCH3 is 6. The van der Waals surface area contributed by atoms with Crippen LogP contribution < -0.4 is 33.2 Å². The summed E-state index contributed by atoms with van der Waals surface area (Å²) in [7, 11) is 9.65. The molecule has 0 fully saturated rings. The number of ether oxygens (including phenoxy) is 7. The highest BCUT2D eigenvalue weighted by molar-refractivity contribution is 5.61. The Morgan fingerprint density at radius 3 is 1.91 bits per heavy atom. The standard InChI is InChI=1S/C35H36O8/c1-37-27-14-10-21(17-30(27)40-4)8-7-9-22-16-25-33(23-12-15-28(38-2)31(19-23)41-5)34(43-35(25)32(18-22)42-6)24-11-13-26(36)29(20-24)39-3/h7-8,10-20,33-34,36H,9H2,1-6H3/b8-7+. The number of phenols is 1. The third-order valence-electron chi connectivity index (χ3n) is 7.62. The van der Waals surface area contributed by atoms with E-state index in [-0.39, 0.29) is 11.7 Å². The van der Waals surface area contributed by atoms with Crippen molar-refractivity contribution in [2.75, 3.05) is 42.7 Å². The highest BCUT2D eigenvalue weighted by Gasteiger charge is 2.39. The second kappa shape index (κ2) is 12.9. The number of aromatic hydroxyl groups is 1. The van der Waals surface area contributed by atoms with Crippen molar-refractivity contribution in [2.45, 2.75) is 18.4 Å². The van der Waals surface area contributed by atoms with Gasteiger partial charge in [0.15, 0.2) is 46.0 Å². The van der Waals surface area contributed by atoms with Gasteiger partial charge in [-0.25, -0.2) is 0 Å². The van der Waals surface area contributed by atoms with E-state index >= 15 is 0 Å². The molecule has 43 heavy (non-hydrogen) atoms. The van der Waals surface area contributed by atoms with Crippen molar-refractivity contribution >= 4 is 6.08 Å². The Morgan fingerprint density at radius 2 is 1.23 bits per heavy atom. The molecule has 0 saturated heterocycles. The van der Waals surface area contributed by atoms with Crippen LogP contribution in [0.3, 0.4) is 0 Å². The van der Waals surface area contributed by atoms with Crippen LogP contribution in [-0.4, -0.2) is 47.8 Å². The van der Waals surface area contributed by atoms with E-state index in [1.165, 1.54) is 7.11 Å². The number of allylic oxidation sites excluding steroid dienone is 1. The first kappa shape index (κ1) is 29.5. The molecule has 0 radical (unpaired) electrons. The van der Waals surface area contributed by atoms with Crippen molar-refractivity contribution in [1.82, 2.24) is 0 Å². The first-order chi connectivity index (χ1) is 20.9. The lowest BCUT2D eigenvalue weighted by atomic mass is 9.84. The van der Waals surface area contributed by atoms with Gasteiger partial charge in [-0.15, -0.1) is 0 Å². The summed E-state index contributed by atoms with van der Waals surface area (Å²) in [6, 6.07) is 21.1. The zero-order valence-corrected chi connectivity index (χ0v) is 25.2. The third kappa shape index (κ3) is 5.86. The summed E-state index contributed by atoms with van der Waals surface area (Å²) >= 11 is 0. The van der Waals surface area contributed by atoms with E-state index in [9.17, 15) is 5.11 Å². The van der Waals surface area contributed by atoms with Crippen LogP contribution in [0.2, 0.25) is 0 Å². The molecule has 224 valence electrons. The lowest BCUT2D eigenvalue weighted by Crippen LogP contribution is -2.12. The van der Waals surface area contributed by atoms with E-state index < -0.39 is 6.10 Å². The summed E-state index contributed by atoms with van der Waals surface area (Å²) in [5, 5.41) is 10.3. The molecule has 2 atom stereocenters. The predicted octanol–water partition coefficient (Wildman–Crippen LogP) is 6.97. The smallest absolute Gasteiger partial charge is 0.166 e. The predicted molar refractivity (Wildman–Crippen MR) is 165 cm³/mol. The normalized spacial score (nSPS) is 15.5. The van der Waals surface area contributed by atoms with Crippen molar-refractivity contribution in [3.63, 3.8) is 0 Å². The van der Waals surface area contributed by atoms with E-state index in [0.29, 0.717) is 46.7 Å². The summed E-state index contributed by atoms with van der Waals surface area (Å²) in [4.78, 5) is 0. The highest BCUT2D eigenvalue weighted by Crippen LogP contribution is 2.54. The number of hydrogen-bond donors (Lipinski definition) is 1. The van der Waals surface area contributed by atoms with Gasteiger partial charge in [-0.2, -0.15) is 0 Å². The molecular weight excluding hydrogens is 548 g/mol. The van der Waals surface area contributed by atoms with Gasteiger partial charge in [-0.3, -0.25) is 0 Å². The maximum absolute atomic E-state index is 10.3. The van der Waals surface area contributed by atoms with Gasteiger partial charge >= 0.3 is 0 Å². The van der Waals surface area contributed by atoms with Crippen molar-refractivity contribution in [1.29, 1.82) is 0 Å². The van der Waals surface area contributed by atoms with Gasteiger partial charge in [0, 0.05) is 5.56 Å². The summed E-state index contributed by atoms with van der Waals surface area (Å²) in [5.74, 6) is 4.16. The Morgan fingerprint density at radius 1 is 0.628 bits per heavy atom. The van der Waals surface area contributed by atoms with E-state index in [0.717, 1.165) is 27.8 Å². The van der Waals surface area contributed by atoms with Gasteiger partial charge in [-0.05, 0) is 71.1 Å². The van der Waals surface area contributed by atoms with Crippen LogP contribution in [0.15, 0.2) is 72.8 Å². The molecule has 1 aliphatic heterocycles. The second-order valence-corrected chi connectivity index (χ2v) is 10.00. The average Bonchev–Trinajstić information content (AvgIpc) is 3.43. The summed E-state index contributed by atoms with van der Waals surface area (Å²) in [6.45, 7) is 0. The zero-order valence-electron chi connectivity index (χ0n) is 25.2. The molecule has 1 N–H and O–H groups in total. The molecule has 8 heteroatoms. The molecule has 1 aliphatic rings.